The number of carbonyl (C=O) groups excluding carboxylic acids is 1. The fourth-order valence-corrected chi connectivity index (χ4v) is 1.58. The van der Waals surface area contributed by atoms with Crippen LogP contribution in [0.5, 0.6) is 5.75 Å². The number of rotatable bonds is 5. The van der Waals surface area contributed by atoms with Crippen LogP contribution in [0.1, 0.15) is 13.3 Å². The molecule has 0 aliphatic heterocycles. The van der Waals surface area contributed by atoms with Gasteiger partial charge in [-0.05, 0) is 18.6 Å². The topological polar surface area (TPSA) is 53.6 Å². The molecule has 0 saturated carbocycles. The second-order valence-electron chi connectivity index (χ2n) is 4.13. The van der Waals surface area contributed by atoms with Gasteiger partial charge in [-0.3, -0.25) is 0 Å². The molecule has 0 aromatic heterocycles. The third-order valence-corrected chi connectivity index (χ3v) is 2.48. The lowest BCUT2D eigenvalue weighted by atomic mass is 10.2. The minimum atomic E-state index is -0.218. The molecule has 100 valence electrons. The van der Waals surface area contributed by atoms with Gasteiger partial charge < -0.3 is 20.3 Å². The molecule has 0 atom stereocenters. The largest absolute Gasteiger partial charge is 0.494 e. The number of anilines is 2. The first-order chi connectivity index (χ1) is 8.60. The smallest absolute Gasteiger partial charge is 0.319 e. The Kier molecular flexibility index (Phi) is 5.30. The Balaban J connectivity index is 2.94. The minimum absolute atomic E-state index is 0.218. The molecule has 2 amide bonds. The standard InChI is InChI=1S/C13H21N3O2/c1-5-9-14-13(17)15-12-10(16(2)3)7-6-8-11(12)18-4/h6-8H,5,9H2,1-4H3,(H2,14,15,17). The number of hydrogen-bond acceptors (Lipinski definition) is 3. The highest BCUT2D eigenvalue weighted by Gasteiger charge is 2.13. The average molecular weight is 251 g/mol. The van der Waals surface area contributed by atoms with Crippen molar-refractivity contribution in [2.75, 3.05) is 38.0 Å². The SMILES string of the molecule is CCCNC(=O)Nc1c(OC)cccc1N(C)C. The van der Waals surface area contributed by atoms with E-state index in [0.717, 1.165) is 12.1 Å². The van der Waals surface area contributed by atoms with Crippen LogP contribution in [0.4, 0.5) is 16.2 Å². The third-order valence-electron chi connectivity index (χ3n) is 2.48. The van der Waals surface area contributed by atoms with E-state index in [-0.39, 0.29) is 6.03 Å². The molecule has 0 spiro atoms. The van der Waals surface area contributed by atoms with Crippen molar-refractivity contribution < 1.29 is 9.53 Å². The average Bonchev–Trinajstić information content (AvgIpc) is 2.36. The Labute approximate surface area is 108 Å². The lowest BCUT2D eigenvalue weighted by Gasteiger charge is -2.20. The molecule has 5 nitrogen and oxygen atoms in total. The number of nitrogens with zero attached hydrogens (tertiary/aromatic N) is 1. The highest BCUT2D eigenvalue weighted by atomic mass is 16.5. The van der Waals surface area contributed by atoms with Gasteiger partial charge in [-0.2, -0.15) is 0 Å². The molecule has 0 saturated heterocycles. The Morgan fingerprint density at radius 2 is 2.11 bits per heavy atom. The summed E-state index contributed by atoms with van der Waals surface area (Å²) < 4.78 is 5.27. The highest BCUT2D eigenvalue weighted by Crippen LogP contribution is 2.33. The zero-order chi connectivity index (χ0) is 13.5. The molecule has 1 aromatic rings. The van der Waals surface area contributed by atoms with Gasteiger partial charge in [0, 0.05) is 20.6 Å². The van der Waals surface area contributed by atoms with E-state index in [4.69, 9.17) is 4.74 Å². The van der Waals surface area contributed by atoms with E-state index in [1.165, 1.54) is 0 Å². The van der Waals surface area contributed by atoms with Gasteiger partial charge in [0.2, 0.25) is 0 Å². The van der Waals surface area contributed by atoms with Crippen molar-refractivity contribution in [2.24, 2.45) is 0 Å². The number of ether oxygens (including phenoxy) is 1. The molecular weight excluding hydrogens is 230 g/mol. The number of para-hydroxylation sites is 1. The molecule has 0 aliphatic carbocycles. The molecule has 1 aromatic carbocycles. The van der Waals surface area contributed by atoms with Crippen LogP contribution in [-0.2, 0) is 0 Å². The molecule has 0 radical (unpaired) electrons. The number of hydrogen-bond donors (Lipinski definition) is 2. The highest BCUT2D eigenvalue weighted by molar-refractivity contribution is 5.95. The van der Waals surface area contributed by atoms with Gasteiger partial charge in [0.1, 0.15) is 11.4 Å². The predicted molar refractivity (Wildman–Crippen MR) is 74.6 cm³/mol. The van der Waals surface area contributed by atoms with Crippen molar-refractivity contribution in [1.82, 2.24) is 5.32 Å². The molecule has 0 aliphatic rings. The Hall–Kier alpha value is -1.91. The molecule has 1 rings (SSSR count). The summed E-state index contributed by atoms with van der Waals surface area (Å²) in [6.45, 7) is 2.66. The fraction of sp³-hybridized carbons (Fsp3) is 0.462. The van der Waals surface area contributed by atoms with E-state index in [2.05, 4.69) is 10.6 Å². The molecule has 0 heterocycles. The van der Waals surface area contributed by atoms with E-state index in [0.29, 0.717) is 18.0 Å². The zero-order valence-corrected chi connectivity index (χ0v) is 11.4. The van der Waals surface area contributed by atoms with Crippen molar-refractivity contribution >= 4 is 17.4 Å². The predicted octanol–water partition coefficient (Wildman–Crippen LogP) is 2.29. The maximum atomic E-state index is 11.7. The molecule has 18 heavy (non-hydrogen) atoms. The van der Waals surface area contributed by atoms with Gasteiger partial charge in [-0.25, -0.2) is 4.79 Å². The quantitative estimate of drug-likeness (QED) is 0.844. The van der Waals surface area contributed by atoms with Crippen LogP contribution >= 0.6 is 0 Å². The maximum absolute atomic E-state index is 11.7. The van der Waals surface area contributed by atoms with Crippen molar-refractivity contribution in [3.8, 4) is 5.75 Å². The summed E-state index contributed by atoms with van der Waals surface area (Å²) in [6, 6.07) is 5.42. The van der Waals surface area contributed by atoms with E-state index < -0.39 is 0 Å². The summed E-state index contributed by atoms with van der Waals surface area (Å²) in [5.74, 6) is 0.646. The van der Waals surface area contributed by atoms with Crippen LogP contribution in [0.15, 0.2) is 18.2 Å². The first-order valence-electron chi connectivity index (χ1n) is 5.99. The Bertz CT molecular complexity index is 405. The number of carbonyl (C=O) groups is 1. The number of nitrogens with one attached hydrogen (secondary N) is 2. The molecule has 0 unspecified atom stereocenters. The van der Waals surface area contributed by atoms with Crippen LogP contribution < -0.4 is 20.3 Å². The Morgan fingerprint density at radius 3 is 2.67 bits per heavy atom. The second-order valence-corrected chi connectivity index (χ2v) is 4.13. The summed E-state index contributed by atoms with van der Waals surface area (Å²) in [5, 5.41) is 5.60. The van der Waals surface area contributed by atoms with Crippen LogP contribution in [0, 0.1) is 0 Å². The van der Waals surface area contributed by atoms with Crippen LogP contribution in [0.2, 0.25) is 0 Å². The summed E-state index contributed by atoms with van der Waals surface area (Å²) in [6.07, 6.45) is 0.903. The van der Waals surface area contributed by atoms with Gasteiger partial charge in [0.15, 0.2) is 0 Å². The maximum Gasteiger partial charge on any atom is 0.319 e. The van der Waals surface area contributed by atoms with Gasteiger partial charge in [-0.1, -0.05) is 13.0 Å². The first kappa shape index (κ1) is 14.2. The van der Waals surface area contributed by atoms with Crippen molar-refractivity contribution in [3.05, 3.63) is 18.2 Å². The van der Waals surface area contributed by atoms with E-state index in [1.807, 2.05) is 44.1 Å². The van der Waals surface area contributed by atoms with Crippen molar-refractivity contribution in [1.29, 1.82) is 0 Å². The molecule has 5 heteroatoms. The second kappa shape index (κ2) is 6.74. The van der Waals surface area contributed by atoms with Gasteiger partial charge >= 0.3 is 6.03 Å². The first-order valence-corrected chi connectivity index (χ1v) is 5.99. The van der Waals surface area contributed by atoms with Crippen LogP contribution in [-0.4, -0.2) is 33.8 Å². The monoisotopic (exact) mass is 251 g/mol. The summed E-state index contributed by atoms with van der Waals surface area (Å²) >= 11 is 0. The van der Waals surface area contributed by atoms with Crippen LogP contribution in [0.3, 0.4) is 0 Å². The molecule has 0 bridgehead atoms. The number of methoxy groups -OCH3 is 1. The summed E-state index contributed by atoms with van der Waals surface area (Å²) in [5.41, 5.74) is 1.58. The van der Waals surface area contributed by atoms with Crippen molar-refractivity contribution in [2.45, 2.75) is 13.3 Å². The van der Waals surface area contributed by atoms with Gasteiger partial charge in [-0.15, -0.1) is 0 Å². The third kappa shape index (κ3) is 3.55. The van der Waals surface area contributed by atoms with Gasteiger partial charge in [0.05, 0.1) is 12.8 Å². The number of urea groups is 1. The molecule has 2 N–H and O–H groups in total. The number of benzene rings is 1. The number of amides is 2. The Morgan fingerprint density at radius 1 is 1.39 bits per heavy atom. The van der Waals surface area contributed by atoms with Crippen molar-refractivity contribution in [3.63, 3.8) is 0 Å². The fourth-order valence-electron chi connectivity index (χ4n) is 1.58. The summed E-state index contributed by atoms with van der Waals surface area (Å²) in [7, 11) is 5.43. The van der Waals surface area contributed by atoms with E-state index in [9.17, 15) is 4.79 Å². The molecular formula is C13H21N3O2. The van der Waals surface area contributed by atoms with Crippen LogP contribution in [0.25, 0.3) is 0 Å². The lowest BCUT2D eigenvalue weighted by molar-refractivity contribution is 0.252. The van der Waals surface area contributed by atoms with E-state index in [1.54, 1.807) is 7.11 Å². The molecule has 0 fully saturated rings. The lowest BCUT2D eigenvalue weighted by Crippen LogP contribution is -2.30. The minimum Gasteiger partial charge on any atom is -0.494 e. The zero-order valence-electron chi connectivity index (χ0n) is 11.4. The van der Waals surface area contributed by atoms with Gasteiger partial charge in [0.25, 0.3) is 0 Å². The summed E-state index contributed by atoms with van der Waals surface area (Å²) in [4.78, 5) is 13.6. The van der Waals surface area contributed by atoms with E-state index >= 15 is 0 Å². The normalized spacial score (nSPS) is 9.78.